The van der Waals surface area contributed by atoms with Crippen molar-refractivity contribution in [2.45, 2.75) is 46.5 Å². The van der Waals surface area contributed by atoms with E-state index in [-0.39, 0.29) is 11.1 Å². The molecule has 0 heterocycles. The molecule has 0 N–H and O–H groups in total. The van der Waals surface area contributed by atoms with Gasteiger partial charge >= 0.3 is 11.9 Å². The molecule has 0 aliphatic heterocycles. The molecule has 0 saturated heterocycles. The molecule has 1 aromatic carbocycles. The molecule has 1 rings (SSSR count). The fraction of sp³-hybridized carbons (Fsp3) is 0.619. The van der Waals surface area contributed by atoms with Crippen molar-refractivity contribution in [1.29, 1.82) is 0 Å². The Balaban J connectivity index is 2.53. The van der Waals surface area contributed by atoms with Crippen molar-refractivity contribution >= 4 is 11.9 Å². The van der Waals surface area contributed by atoms with E-state index >= 15 is 0 Å². The van der Waals surface area contributed by atoms with Gasteiger partial charge in [-0.05, 0) is 49.7 Å². The topological polar surface area (TPSA) is 61.8 Å². The van der Waals surface area contributed by atoms with E-state index < -0.39 is 11.9 Å². The first-order valence-corrected chi connectivity index (χ1v) is 9.37. The van der Waals surface area contributed by atoms with Gasteiger partial charge in [-0.15, -0.1) is 0 Å². The average Bonchev–Trinajstić information content (AvgIpc) is 2.63. The first-order valence-electron chi connectivity index (χ1n) is 9.37. The smallest absolute Gasteiger partial charge is 0.339 e. The lowest BCUT2D eigenvalue weighted by Crippen LogP contribution is -2.16. The molecule has 0 aromatic heterocycles. The van der Waals surface area contributed by atoms with Crippen LogP contribution in [0.25, 0.3) is 0 Å². The quantitative estimate of drug-likeness (QED) is 0.404. The fourth-order valence-electron chi connectivity index (χ4n) is 2.47. The standard InChI is InChI=1S/C21H32O5/c1-16(2)8-7-13-25-20(22)18-9-5-6-10-19(18)21(23)26-15-12-17(3)11-14-24-4/h5-6,9-10,16-17H,7-8,11-15H2,1-4H3. The Morgan fingerprint density at radius 2 is 1.38 bits per heavy atom. The molecule has 1 aromatic rings. The monoisotopic (exact) mass is 364 g/mol. The largest absolute Gasteiger partial charge is 0.462 e. The van der Waals surface area contributed by atoms with E-state index in [2.05, 4.69) is 20.8 Å². The Labute approximate surface area is 157 Å². The van der Waals surface area contributed by atoms with Gasteiger partial charge in [0.15, 0.2) is 0 Å². The minimum absolute atomic E-state index is 0.255. The summed E-state index contributed by atoms with van der Waals surface area (Å²) in [7, 11) is 1.67. The van der Waals surface area contributed by atoms with E-state index in [1.165, 1.54) is 0 Å². The zero-order valence-electron chi connectivity index (χ0n) is 16.5. The lowest BCUT2D eigenvalue weighted by molar-refractivity contribution is 0.0439. The Morgan fingerprint density at radius 1 is 0.846 bits per heavy atom. The molecule has 0 spiro atoms. The predicted octanol–water partition coefficient (Wildman–Crippen LogP) is 4.50. The third kappa shape index (κ3) is 8.48. The van der Waals surface area contributed by atoms with Crippen molar-refractivity contribution in [3.05, 3.63) is 35.4 Å². The van der Waals surface area contributed by atoms with Crippen LogP contribution < -0.4 is 0 Å². The van der Waals surface area contributed by atoms with Crippen molar-refractivity contribution < 1.29 is 23.8 Å². The maximum absolute atomic E-state index is 12.3. The predicted molar refractivity (Wildman–Crippen MR) is 101 cm³/mol. The van der Waals surface area contributed by atoms with E-state index in [0.717, 1.165) is 25.7 Å². The van der Waals surface area contributed by atoms with Gasteiger partial charge in [0, 0.05) is 13.7 Å². The highest BCUT2D eigenvalue weighted by molar-refractivity contribution is 6.03. The molecule has 0 fully saturated rings. The number of carbonyl (C=O) groups excluding carboxylic acids is 2. The number of esters is 2. The molecule has 5 nitrogen and oxygen atoms in total. The Morgan fingerprint density at radius 3 is 1.92 bits per heavy atom. The Hall–Kier alpha value is -1.88. The number of methoxy groups -OCH3 is 1. The minimum atomic E-state index is -0.487. The Bertz CT molecular complexity index is 553. The molecule has 26 heavy (non-hydrogen) atoms. The second-order valence-electron chi connectivity index (χ2n) is 7.03. The highest BCUT2D eigenvalue weighted by Gasteiger charge is 2.19. The molecule has 146 valence electrons. The van der Waals surface area contributed by atoms with Gasteiger partial charge in [0.2, 0.25) is 0 Å². The summed E-state index contributed by atoms with van der Waals surface area (Å²) in [5, 5.41) is 0. The van der Waals surface area contributed by atoms with Crippen LogP contribution in [0, 0.1) is 11.8 Å². The summed E-state index contributed by atoms with van der Waals surface area (Å²) < 4.78 is 15.7. The SMILES string of the molecule is COCCC(C)CCOC(=O)c1ccccc1C(=O)OCCCC(C)C. The van der Waals surface area contributed by atoms with Crippen molar-refractivity contribution in [2.75, 3.05) is 26.9 Å². The molecule has 0 aliphatic carbocycles. The van der Waals surface area contributed by atoms with Crippen LogP contribution in [0.1, 0.15) is 67.2 Å². The van der Waals surface area contributed by atoms with Crippen LogP contribution in [-0.4, -0.2) is 38.9 Å². The van der Waals surface area contributed by atoms with Gasteiger partial charge in [-0.2, -0.15) is 0 Å². The van der Waals surface area contributed by atoms with Gasteiger partial charge in [0.1, 0.15) is 0 Å². The Kier molecular flexibility index (Phi) is 10.6. The lowest BCUT2D eigenvalue weighted by Gasteiger charge is -2.12. The highest BCUT2D eigenvalue weighted by atomic mass is 16.5. The summed E-state index contributed by atoms with van der Waals surface area (Å²) in [4.78, 5) is 24.6. The van der Waals surface area contributed by atoms with Gasteiger partial charge in [0.05, 0.1) is 24.3 Å². The van der Waals surface area contributed by atoms with E-state index in [1.54, 1.807) is 31.4 Å². The van der Waals surface area contributed by atoms with Crippen LogP contribution in [0.5, 0.6) is 0 Å². The van der Waals surface area contributed by atoms with E-state index in [4.69, 9.17) is 14.2 Å². The van der Waals surface area contributed by atoms with E-state index in [1.807, 2.05) is 0 Å². The van der Waals surface area contributed by atoms with Crippen LogP contribution in [0.2, 0.25) is 0 Å². The highest BCUT2D eigenvalue weighted by Crippen LogP contribution is 2.14. The lowest BCUT2D eigenvalue weighted by atomic mass is 10.1. The number of rotatable bonds is 12. The van der Waals surface area contributed by atoms with Gasteiger partial charge in [-0.1, -0.05) is 32.9 Å². The zero-order chi connectivity index (χ0) is 19.4. The maximum Gasteiger partial charge on any atom is 0.339 e. The van der Waals surface area contributed by atoms with Gasteiger partial charge in [-0.25, -0.2) is 9.59 Å². The molecule has 5 heteroatoms. The molecule has 1 unspecified atom stereocenters. The second-order valence-corrected chi connectivity index (χ2v) is 7.03. The van der Waals surface area contributed by atoms with Crippen LogP contribution in [-0.2, 0) is 14.2 Å². The van der Waals surface area contributed by atoms with Gasteiger partial charge in [-0.3, -0.25) is 0 Å². The molecule has 0 saturated carbocycles. The third-order valence-corrected chi connectivity index (χ3v) is 4.18. The molecular weight excluding hydrogens is 332 g/mol. The molecule has 0 amide bonds. The summed E-state index contributed by atoms with van der Waals surface area (Å²) in [5.41, 5.74) is 0.514. The van der Waals surface area contributed by atoms with Gasteiger partial charge in [0.25, 0.3) is 0 Å². The number of carbonyl (C=O) groups is 2. The number of hydrogen-bond donors (Lipinski definition) is 0. The maximum atomic E-state index is 12.3. The molecule has 1 atom stereocenters. The summed E-state index contributed by atoms with van der Waals surface area (Å²) in [6.45, 7) is 7.72. The molecule has 0 radical (unpaired) electrons. The van der Waals surface area contributed by atoms with Crippen molar-refractivity contribution in [3.8, 4) is 0 Å². The zero-order valence-corrected chi connectivity index (χ0v) is 16.5. The van der Waals surface area contributed by atoms with Crippen LogP contribution in [0.4, 0.5) is 0 Å². The third-order valence-electron chi connectivity index (χ3n) is 4.18. The summed E-state index contributed by atoms with van der Waals surface area (Å²) in [6, 6.07) is 6.63. The number of ether oxygens (including phenoxy) is 3. The first kappa shape index (κ1) is 22.2. The molecule has 0 aliphatic rings. The minimum Gasteiger partial charge on any atom is -0.462 e. The van der Waals surface area contributed by atoms with Crippen molar-refractivity contribution in [1.82, 2.24) is 0 Å². The number of hydrogen-bond acceptors (Lipinski definition) is 5. The average molecular weight is 364 g/mol. The van der Waals surface area contributed by atoms with E-state index in [9.17, 15) is 9.59 Å². The van der Waals surface area contributed by atoms with E-state index in [0.29, 0.717) is 31.7 Å². The van der Waals surface area contributed by atoms with Crippen molar-refractivity contribution in [2.24, 2.45) is 11.8 Å². The van der Waals surface area contributed by atoms with Crippen LogP contribution in [0.15, 0.2) is 24.3 Å². The first-order chi connectivity index (χ1) is 12.5. The molecule has 0 bridgehead atoms. The normalized spacial score (nSPS) is 12.0. The number of benzene rings is 1. The summed E-state index contributed by atoms with van der Waals surface area (Å²) in [5.74, 6) is 0.0135. The van der Waals surface area contributed by atoms with Gasteiger partial charge < -0.3 is 14.2 Å². The fourth-order valence-corrected chi connectivity index (χ4v) is 2.47. The summed E-state index contributed by atoms with van der Waals surface area (Å²) in [6.07, 6.45) is 3.50. The summed E-state index contributed by atoms with van der Waals surface area (Å²) >= 11 is 0. The molecular formula is C21H32O5. The van der Waals surface area contributed by atoms with Crippen LogP contribution >= 0.6 is 0 Å². The second kappa shape index (κ2) is 12.5. The van der Waals surface area contributed by atoms with Crippen molar-refractivity contribution in [3.63, 3.8) is 0 Å². The van der Waals surface area contributed by atoms with Crippen LogP contribution in [0.3, 0.4) is 0 Å².